The average Bonchev–Trinajstić information content (AvgIpc) is 2.26. The number of phenolic OH excluding ortho intramolecular Hbond substituents is 1. The van der Waals surface area contributed by atoms with E-state index >= 15 is 0 Å². The molecule has 0 saturated heterocycles. The molecule has 0 amide bonds. The molecule has 0 heterocycles. The zero-order chi connectivity index (χ0) is 12.1. The normalized spacial score (nSPS) is 14.4. The zero-order valence-corrected chi connectivity index (χ0v) is 9.68. The summed E-state index contributed by atoms with van der Waals surface area (Å²) >= 11 is 0. The van der Waals surface area contributed by atoms with Crippen LogP contribution in [0.4, 0.5) is 0 Å². The molecule has 0 aliphatic rings. The molecule has 3 heteroatoms. The summed E-state index contributed by atoms with van der Waals surface area (Å²) in [7, 11) is 0. The monoisotopic (exact) mass is 222 g/mol. The van der Waals surface area contributed by atoms with Gasteiger partial charge in [0.1, 0.15) is 5.75 Å². The maximum Gasteiger partial charge on any atom is 0.306 e. The topological polar surface area (TPSA) is 57.5 Å². The minimum absolute atomic E-state index is 0.196. The van der Waals surface area contributed by atoms with Crippen molar-refractivity contribution in [3.8, 4) is 5.75 Å². The van der Waals surface area contributed by atoms with E-state index in [9.17, 15) is 4.79 Å². The van der Waals surface area contributed by atoms with Gasteiger partial charge in [0.05, 0.1) is 5.92 Å². The van der Waals surface area contributed by atoms with Crippen molar-refractivity contribution in [3.63, 3.8) is 0 Å². The van der Waals surface area contributed by atoms with Gasteiger partial charge in [0.2, 0.25) is 0 Å². The number of carbonyl (C=O) groups is 1. The molecule has 3 nitrogen and oxygen atoms in total. The molecule has 2 N–H and O–H groups in total. The standard InChI is InChI=1S/C13H18O3/c1-3-10(13(15)16)8-9(2)11-4-6-12(14)7-5-11/h4-7,9-10,14H,3,8H2,1-2H3,(H,15,16). The van der Waals surface area contributed by atoms with Gasteiger partial charge >= 0.3 is 5.97 Å². The number of hydrogen-bond donors (Lipinski definition) is 2. The van der Waals surface area contributed by atoms with Gasteiger partial charge in [0, 0.05) is 0 Å². The Hall–Kier alpha value is -1.51. The van der Waals surface area contributed by atoms with Crippen LogP contribution in [0.15, 0.2) is 24.3 Å². The van der Waals surface area contributed by atoms with Crippen molar-refractivity contribution in [1.82, 2.24) is 0 Å². The number of hydrogen-bond acceptors (Lipinski definition) is 2. The van der Waals surface area contributed by atoms with Crippen molar-refractivity contribution in [2.75, 3.05) is 0 Å². The molecular weight excluding hydrogens is 204 g/mol. The summed E-state index contributed by atoms with van der Waals surface area (Å²) in [6, 6.07) is 6.95. The second-order valence-electron chi connectivity index (χ2n) is 4.17. The number of carboxylic acids is 1. The molecule has 0 radical (unpaired) electrons. The Morgan fingerprint density at radius 1 is 1.31 bits per heavy atom. The Balaban J connectivity index is 2.67. The highest BCUT2D eigenvalue weighted by atomic mass is 16.4. The quantitative estimate of drug-likeness (QED) is 0.805. The van der Waals surface area contributed by atoms with E-state index in [4.69, 9.17) is 10.2 Å². The molecule has 16 heavy (non-hydrogen) atoms. The van der Waals surface area contributed by atoms with Crippen molar-refractivity contribution in [3.05, 3.63) is 29.8 Å². The minimum Gasteiger partial charge on any atom is -0.508 e. The van der Waals surface area contributed by atoms with Gasteiger partial charge in [-0.1, -0.05) is 26.0 Å². The summed E-state index contributed by atoms with van der Waals surface area (Å²) in [5.41, 5.74) is 1.07. The average molecular weight is 222 g/mol. The van der Waals surface area contributed by atoms with Gasteiger partial charge in [-0.15, -0.1) is 0 Å². The van der Waals surface area contributed by atoms with E-state index in [1.165, 1.54) is 0 Å². The van der Waals surface area contributed by atoms with Crippen LogP contribution >= 0.6 is 0 Å². The SMILES string of the molecule is CCC(CC(C)c1ccc(O)cc1)C(=O)O. The van der Waals surface area contributed by atoms with E-state index in [0.29, 0.717) is 12.8 Å². The van der Waals surface area contributed by atoms with E-state index in [0.717, 1.165) is 5.56 Å². The van der Waals surface area contributed by atoms with Crippen LogP contribution in [0, 0.1) is 5.92 Å². The maximum absolute atomic E-state index is 10.9. The molecule has 88 valence electrons. The molecule has 0 aliphatic carbocycles. The molecule has 0 spiro atoms. The van der Waals surface area contributed by atoms with Crippen LogP contribution in [0.3, 0.4) is 0 Å². The number of rotatable bonds is 5. The van der Waals surface area contributed by atoms with E-state index in [1.54, 1.807) is 12.1 Å². The fourth-order valence-corrected chi connectivity index (χ4v) is 1.81. The highest BCUT2D eigenvalue weighted by Crippen LogP contribution is 2.26. The molecule has 2 unspecified atom stereocenters. The van der Waals surface area contributed by atoms with E-state index in [2.05, 4.69) is 0 Å². The third-order valence-corrected chi connectivity index (χ3v) is 2.94. The van der Waals surface area contributed by atoms with Crippen molar-refractivity contribution in [1.29, 1.82) is 0 Å². The Labute approximate surface area is 95.7 Å². The lowest BCUT2D eigenvalue weighted by Gasteiger charge is -2.16. The summed E-state index contributed by atoms with van der Waals surface area (Å²) < 4.78 is 0. The van der Waals surface area contributed by atoms with Gasteiger partial charge in [-0.25, -0.2) is 0 Å². The third-order valence-electron chi connectivity index (χ3n) is 2.94. The second-order valence-corrected chi connectivity index (χ2v) is 4.17. The molecule has 0 saturated carbocycles. The lowest BCUT2D eigenvalue weighted by atomic mass is 9.89. The number of benzene rings is 1. The van der Waals surface area contributed by atoms with Crippen LogP contribution in [0.25, 0.3) is 0 Å². The van der Waals surface area contributed by atoms with Crippen molar-refractivity contribution < 1.29 is 15.0 Å². The Morgan fingerprint density at radius 2 is 1.88 bits per heavy atom. The predicted octanol–water partition coefficient (Wildman–Crippen LogP) is 3.00. The lowest BCUT2D eigenvalue weighted by molar-refractivity contribution is -0.142. The Bertz CT molecular complexity index is 343. The summed E-state index contributed by atoms with van der Waals surface area (Å²) in [5, 5.41) is 18.1. The van der Waals surface area contributed by atoms with Crippen molar-refractivity contribution >= 4 is 5.97 Å². The fourth-order valence-electron chi connectivity index (χ4n) is 1.81. The molecule has 1 aromatic carbocycles. The largest absolute Gasteiger partial charge is 0.508 e. The smallest absolute Gasteiger partial charge is 0.306 e. The number of aliphatic carboxylic acids is 1. The highest BCUT2D eigenvalue weighted by Gasteiger charge is 2.19. The first-order valence-electron chi connectivity index (χ1n) is 5.56. The van der Waals surface area contributed by atoms with Gasteiger partial charge < -0.3 is 10.2 Å². The van der Waals surface area contributed by atoms with E-state index < -0.39 is 5.97 Å². The molecule has 0 aliphatic heterocycles. The molecule has 0 aromatic heterocycles. The first-order valence-corrected chi connectivity index (χ1v) is 5.56. The van der Waals surface area contributed by atoms with Crippen LogP contribution in [0.2, 0.25) is 0 Å². The first-order chi connectivity index (χ1) is 7.54. The number of carboxylic acid groups (broad SMARTS) is 1. The molecule has 1 rings (SSSR count). The number of phenols is 1. The molecule has 2 atom stereocenters. The first kappa shape index (κ1) is 12.6. The Morgan fingerprint density at radius 3 is 2.31 bits per heavy atom. The van der Waals surface area contributed by atoms with Gasteiger partial charge in [-0.05, 0) is 36.5 Å². The third kappa shape index (κ3) is 3.26. The minimum atomic E-state index is -0.729. The lowest BCUT2D eigenvalue weighted by Crippen LogP contribution is -2.15. The molecular formula is C13H18O3. The summed E-state index contributed by atoms with van der Waals surface area (Å²) in [4.78, 5) is 10.9. The maximum atomic E-state index is 10.9. The van der Waals surface area contributed by atoms with Gasteiger partial charge in [0.25, 0.3) is 0 Å². The van der Waals surface area contributed by atoms with Crippen LogP contribution < -0.4 is 0 Å². The molecule has 1 aromatic rings. The van der Waals surface area contributed by atoms with Gasteiger partial charge in [-0.2, -0.15) is 0 Å². The molecule has 0 fully saturated rings. The fraction of sp³-hybridized carbons (Fsp3) is 0.462. The molecule has 0 bridgehead atoms. The van der Waals surface area contributed by atoms with Crippen molar-refractivity contribution in [2.24, 2.45) is 5.92 Å². The van der Waals surface area contributed by atoms with E-state index in [-0.39, 0.29) is 17.6 Å². The Kier molecular flexibility index (Phi) is 4.35. The van der Waals surface area contributed by atoms with Crippen LogP contribution in [0.1, 0.15) is 38.2 Å². The second kappa shape index (κ2) is 5.54. The van der Waals surface area contributed by atoms with Crippen LogP contribution in [-0.2, 0) is 4.79 Å². The van der Waals surface area contributed by atoms with Gasteiger partial charge in [0.15, 0.2) is 0 Å². The highest BCUT2D eigenvalue weighted by molar-refractivity contribution is 5.69. The zero-order valence-electron chi connectivity index (χ0n) is 9.68. The van der Waals surface area contributed by atoms with Crippen LogP contribution in [0.5, 0.6) is 5.75 Å². The van der Waals surface area contributed by atoms with Gasteiger partial charge in [-0.3, -0.25) is 4.79 Å². The van der Waals surface area contributed by atoms with E-state index in [1.807, 2.05) is 26.0 Å². The van der Waals surface area contributed by atoms with Crippen LogP contribution in [-0.4, -0.2) is 16.2 Å². The number of aromatic hydroxyl groups is 1. The summed E-state index contributed by atoms with van der Waals surface area (Å²) in [5.74, 6) is -0.584. The summed E-state index contributed by atoms with van der Waals surface area (Å²) in [6.07, 6.45) is 1.29. The van der Waals surface area contributed by atoms with Crippen molar-refractivity contribution in [2.45, 2.75) is 32.6 Å². The predicted molar refractivity (Wildman–Crippen MR) is 62.6 cm³/mol. The summed E-state index contributed by atoms with van der Waals surface area (Å²) in [6.45, 7) is 3.90.